The molecule has 5 N–H and O–H groups in total. The quantitative estimate of drug-likeness (QED) is 0.0713. The molecule has 0 saturated carbocycles. The van der Waals surface area contributed by atoms with Gasteiger partial charge in [0.15, 0.2) is 0 Å². The highest BCUT2D eigenvalue weighted by atomic mass is 19.4. The molecule has 4 aliphatic rings. The highest BCUT2D eigenvalue weighted by Gasteiger charge is 2.53. The molecule has 2 aromatic rings. The number of halogens is 6. The Morgan fingerprint density at radius 1 is 0.676 bits per heavy atom. The second-order valence-corrected chi connectivity index (χ2v) is 20.5. The Hall–Kier alpha value is -5.49. The van der Waals surface area contributed by atoms with Crippen LogP contribution in [0.25, 0.3) is 0 Å². The molecule has 0 fully saturated rings. The predicted molar refractivity (Wildman–Crippen MR) is 252 cm³/mol. The maximum Gasteiger partial charge on any atom is 0.420 e. The van der Waals surface area contributed by atoms with Gasteiger partial charge in [-0.05, 0) is 120 Å². The summed E-state index contributed by atoms with van der Waals surface area (Å²) in [4.78, 5) is 42.7. The molecular formula is C53H66F6N2O10. The van der Waals surface area contributed by atoms with Crippen LogP contribution in [0.5, 0.6) is 23.0 Å². The van der Waals surface area contributed by atoms with Crippen LogP contribution < -0.4 is 9.47 Å². The van der Waals surface area contributed by atoms with E-state index in [0.29, 0.717) is 17.7 Å². The summed E-state index contributed by atoms with van der Waals surface area (Å²) in [5.41, 5.74) is -4.53. The van der Waals surface area contributed by atoms with E-state index in [1.54, 1.807) is 13.8 Å². The summed E-state index contributed by atoms with van der Waals surface area (Å²) < 4.78 is 101. The second-order valence-electron chi connectivity index (χ2n) is 20.5. The van der Waals surface area contributed by atoms with Crippen LogP contribution in [0.2, 0.25) is 0 Å². The van der Waals surface area contributed by atoms with Crippen LogP contribution in [0.4, 0.5) is 26.3 Å². The van der Waals surface area contributed by atoms with Gasteiger partial charge < -0.3 is 44.8 Å². The van der Waals surface area contributed by atoms with Crippen LogP contribution in [-0.4, -0.2) is 89.1 Å². The Kier molecular flexibility index (Phi) is 16.2. The largest absolute Gasteiger partial charge is 0.507 e. The number of phenolic OH excluding ortho intramolecular Hbond substituents is 2. The molecule has 0 aliphatic carbocycles. The minimum absolute atomic E-state index is 0.165. The number of phenols is 2. The molecule has 0 bridgehead atoms. The van der Waals surface area contributed by atoms with Crippen molar-refractivity contribution in [2.45, 2.75) is 187 Å². The first-order chi connectivity index (χ1) is 33.0. The van der Waals surface area contributed by atoms with Crippen molar-refractivity contribution < 1.29 is 75.7 Å². The number of carbonyl (C=O) groups excluding carboxylic acids is 2. The van der Waals surface area contributed by atoms with Gasteiger partial charge in [-0.3, -0.25) is 9.59 Å². The van der Waals surface area contributed by atoms with Gasteiger partial charge in [-0.2, -0.15) is 26.3 Å². The summed E-state index contributed by atoms with van der Waals surface area (Å²) >= 11 is 0. The van der Waals surface area contributed by atoms with Crippen LogP contribution >= 0.6 is 0 Å². The van der Waals surface area contributed by atoms with Crippen molar-refractivity contribution in [3.05, 3.63) is 91.1 Å². The fourth-order valence-electron chi connectivity index (χ4n) is 10.2. The number of aliphatic hydroxyl groups excluding tert-OH is 2. The predicted octanol–water partition coefficient (Wildman–Crippen LogP) is 11.0. The number of aromatic hydroxyl groups is 2. The highest BCUT2D eigenvalue weighted by molar-refractivity contribution is 6.04. The Balaban J connectivity index is 1.23. The van der Waals surface area contributed by atoms with Gasteiger partial charge in [0.1, 0.15) is 51.4 Å². The molecule has 0 aromatic heterocycles. The van der Waals surface area contributed by atoms with Crippen molar-refractivity contribution in [3.63, 3.8) is 0 Å². The van der Waals surface area contributed by atoms with Gasteiger partial charge in [0.05, 0.1) is 36.4 Å². The van der Waals surface area contributed by atoms with Crippen LogP contribution in [0.1, 0.15) is 174 Å². The lowest BCUT2D eigenvalue weighted by Crippen LogP contribution is -2.49. The van der Waals surface area contributed by atoms with Crippen LogP contribution in [0, 0.1) is 0 Å². The maximum atomic E-state index is 14.8. The summed E-state index contributed by atoms with van der Waals surface area (Å²) in [5, 5.41) is 55.2. The number of nitrogens with zero attached hydrogens (tertiary/aromatic N) is 2. The van der Waals surface area contributed by atoms with Crippen molar-refractivity contribution in [2.24, 2.45) is 0 Å². The molecule has 0 saturated heterocycles. The Morgan fingerprint density at radius 2 is 1.10 bits per heavy atom. The normalized spacial score (nSPS) is 22.6. The molecule has 18 heteroatoms. The molecule has 2 amide bonds. The van der Waals surface area contributed by atoms with Gasteiger partial charge in [-0.1, -0.05) is 46.6 Å². The van der Waals surface area contributed by atoms with E-state index in [-0.39, 0.29) is 59.6 Å². The van der Waals surface area contributed by atoms with Crippen LogP contribution in [0.15, 0.2) is 46.6 Å². The minimum Gasteiger partial charge on any atom is -0.507 e. The summed E-state index contributed by atoms with van der Waals surface area (Å²) in [6.07, 6.45) is -2.13. The summed E-state index contributed by atoms with van der Waals surface area (Å²) in [6, 6.07) is -1.81. The van der Waals surface area contributed by atoms with E-state index in [1.165, 1.54) is 11.1 Å². The Bertz CT molecular complexity index is 2550. The van der Waals surface area contributed by atoms with Crippen molar-refractivity contribution in [2.75, 3.05) is 6.54 Å². The number of aliphatic hydroxyl groups is 2. The number of benzene rings is 2. The SMILES string of the molecule is CC(C)=CCC/C(C)=C/CC[C@@]1(C)Oc2c(c(O)c(C(F)(F)F)c3c2CN(CCC[C@@H](C(=O)O)N2Cc4c5c(c(O)c(C(F)(F)F)c4C2=O)C[C@H](O)[C@@](C)(CC/C=C(\C)CCC=C(C)C)O5)C3=O)C[C@@H]1O. The van der Waals surface area contributed by atoms with Gasteiger partial charge in [0, 0.05) is 41.6 Å². The standard InChI is InChI=1S/C53H66F6N2O10/c1-28(2)14-9-16-30(5)18-11-21-50(7)37(62)24-32-43(64)41(52(54,55)56)39-34(45(32)70-50)26-60(47(39)66)23-13-20-36(49(68)69)61-27-35-40(48(61)67)42(53(57,58)59)44(65)33-25-38(63)51(8,71-46(33)35)22-12-19-31(6)17-10-15-29(3)4/h14-15,18-19,36-38,62-65H,9-13,16-17,20-27H2,1-8H3,(H,68,69)/b30-18+,31-19+/t36-,37-,38-,50+,51+/m0/s1. The lowest BCUT2D eigenvalue weighted by molar-refractivity contribution is -0.143. The average Bonchev–Trinajstić information content (AvgIpc) is 3.75. The van der Waals surface area contributed by atoms with E-state index in [9.17, 15) is 66.3 Å². The summed E-state index contributed by atoms with van der Waals surface area (Å²) in [7, 11) is 0. The first kappa shape index (κ1) is 54.8. The van der Waals surface area contributed by atoms with Crippen molar-refractivity contribution >= 4 is 17.8 Å². The van der Waals surface area contributed by atoms with Gasteiger partial charge in [-0.25, -0.2) is 4.79 Å². The number of hydrogen-bond donors (Lipinski definition) is 5. The molecule has 6 rings (SSSR count). The molecule has 390 valence electrons. The zero-order valence-corrected chi connectivity index (χ0v) is 41.6. The third-order valence-corrected chi connectivity index (χ3v) is 14.4. The molecule has 0 unspecified atom stereocenters. The zero-order chi connectivity index (χ0) is 52.7. The third kappa shape index (κ3) is 11.4. The Labute approximate surface area is 410 Å². The van der Waals surface area contributed by atoms with Gasteiger partial charge in [-0.15, -0.1) is 0 Å². The number of hydrogen-bond acceptors (Lipinski definition) is 9. The number of rotatable bonds is 18. The van der Waals surface area contributed by atoms with Crippen molar-refractivity contribution in [3.8, 4) is 23.0 Å². The molecule has 5 atom stereocenters. The van der Waals surface area contributed by atoms with Crippen molar-refractivity contribution in [1.82, 2.24) is 9.80 Å². The average molecular weight is 1010 g/mol. The van der Waals surface area contributed by atoms with Crippen LogP contribution in [0.3, 0.4) is 0 Å². The second kappa shape index (κ2) is 20.9. The highest BCUT2D eigenvalue weighted by Crippen LogP contribution is 2.55. The number of allylic oxidation sites excluding steroid dienone is 8. The number of fused-ring (bicyclic) bond motifs is 6. The lowest BCUT2D eigenvalue weighted by Gasteiger charge is -2.41. The molecule has 4 aliphatic heterocycles. The summed E-state index contributed by atoms with van der Waals surface area (Å²) in [6.45, 7) is 13.6. The van der Waals surface area contributed by atoms with Gasteiger partial charge in [0.25, 0.3) is 11.8 Å². The fourth-order valence-corrected chi connectivity index (χ4v) is 10.2. The van der Waals surface area contributed by atoms with Gasteiger partial charge >= 0.3 is 18.3 Å². The number of ether oxygens (including phenoxy) is 2. The first-order valence-corrected chi connectivity index (χ1v) is 24.1. The Morgan fingerprint density at radius 3 is 1.51 bits per heavy atom. The number of aliphatic carboxylic acids is 1. The number of amides is 2. The van der Waals surface area contributed by atoms with E-state index in [1.807, 2.05) is 53.7 Å². The molecule has 12 nitrogen and oxygen atoms in total. The van der Waals surface area contributed by atoms with Gasteiger partial charge in [0.2, 0.25) is 0 Å². The van der Waals surface area contributed by atoms with E-state index in [0.717, 1.165) is 41.7 Å². The summed E-state index contributed by atoms with van der Waals surface area (Å²) in [5.74, 6) is -7.11. The van der Waals surface area contributed by atoms with E-state index in [2.05, 4.69) is 12.2 Å². The molecule has 0 spiro atoms. The number of carbonyl (C=O) groups is 3. The van der Waals surface area contributed by atoms with Crippen molar-refractivity contribution in [1.29, 1.82) is 0 Å². The number of alkyl halides is 6. The smallest absolute Gasteiger partial charge is 0.420 e. The molecule has 4 heterocycles. The van der Waals surface area contributed by atoms with E-state index in [4.69, 9.17) is 9.47 Å². The molecular weight excluding hydrogens is 939 g/mol. The lowest BCUT2D eigenvalue weighted by atomic mass is 9.83. The fraction of sp³-hybridized carbons (Fsp3) is 0.566. The zero-order valence-electron chi connectivity index (χ0n) is 41.6. The monoisotopic (exact) mass is 1000 g/mol. The molecule has 0 radical (unpaired) electrons. The van der Waals surface area contributed by atoms with E-state index >= 15 is 0 Å². The minimum atomic E-state index is -5.30. The first-order valence-electron chi connectivity index (χ1n) is 24.1. The topological polar surface area (TPSA) is 177 Å². The molecule has 2 aromatic carbocycles. The number of carboxylic acid groups (broad SMARTS) is 1. The maximum absolute atomic E-state index is 14.8. The molecule has 71 heavy (non-hydrogen) atoms. The van der Waals surface area contributed by atoms with Crippen LogP contribution in [-0.2, 0) is 43.1 Å². The third-order valence-electron chi connectivity index (χ3n) is 14.4. The number of carboxylic acids is 1. The van der Waals surface area contributed by atoms with E-state index < -0.39 is 126 Å².